The van der Waals surface area contributed by atoms with Crippen molar-refractivity contribution in [3.05, 3.63) is 71.6 Å². The lowest BCUT2D eigenvalue weighted by Crippen LogP contribution is -2.28. The van der Waals surface area contributed by atoms with Crippen molar-refractivity contribution in [1.29, 1.82) is 0 Å². The number of aromatic nitrogens is 5. The maximum absolute atomic E-state index is 12.6. The van der Waals surface area contributed by atoms with Crippen molar-refractivity contribution in [2.75, 3.05) is 6.54 Å². The Morgan fingerprint density at radius 2 is 2.04 bits per heavy atom. The smallest absolute Gasteiger partial charge is 0.253 e. The Morgan fingerprint density at radius 3 is 2.88 bits per heavy atom. The van der Waals surface area contributed by atoms with Crippen molar-refractivity contribution in [2.24, 2.45) is 0 Å². The quantitative estimate of drug-likeness (QED) is 0.589. The summed E-state index contributed by atoms with van der Waals surface area (Å²) in [7, 11) is 0. The van der Waals surface area contributed by atoms with Gasteiger partial charge in [0.1, 0.15) is 6.33 Å². The molecule has 26 heavy (non-hydrogen) atoms. The van der Waals surface area contributed by atoms with E-state index < -0.39 is 0 Å². The van der Waals surface area contributed by atoms with E-state index in [0.29, 0.717) is 29.4 Å². The van der Waals surface area contributed by atoms with Gasteiger partial charge in [-0.15, -0.1) is 5.10 Å². The van der Waals surface area contributed by atoms with E-state index in [1.165, 1.54) is 11.0 Å². The number of nitrogens with one attached hydrogen (secondary N) is 1. The summed E-state index contributed by atoms with van der Waals surface area (Å²) >= 11 is 6.08. The molecule has 0 radical (unpaired) electrons. The highest BCUT2D eigenvalue weighted by Gasteiger charge is 2.13. The first-order chi connectivity index (χ1) is 12.7. The number of tetrazole rings is 1. The Labute approximate surface area is 154 Å². The molecule has 130 valence electrons. The van der Waals surface area contributed by atoms with Gasteiger partial charge in [0.15, 0.2) is 0 Å². The minimum Gasteiger partial charge on any atom is -0.350 e. The number of carbonyl (C=O) groups excluding carboxylic acids is 1. The summed E-state index contributed by atoms with van der Waals surface area (Å²) in [5.41, 5.74) is 2.19. The molecular weight excluding hydrogens is 352 g/mol. The van der Waals surface area contributed by atoms with Crippen LogP contribution in [0, 0.1) is 0 Å². The fourth-order valence-electron chi connectivity index (χ4n) is 2.87. The van der Waals surface area contributed by atoms with Crippen LogP contribution in [0.25, 0.3) is 16.6 Å². The van der Waals surface area contributed by atoms with Gasteiger partial charge in [-0.2, -0.15) is 4.68 Å². The van der Waals surface area contributed by atoms with Crippen molar-refractivity contribution in [2.45, 2.75) is 6.54 Å². The summed E-state index contributed by atoms with van der Waals surface area (Å²) in [6.45, 7) is 1.13. The van der Waals surface area contributed by atoms with Gasteiger partial charge in [0, 0.05) is 29.8 Å². The highest BCUT2D eigenvalue weighted by Crippen LogP contribution is 2.20. The Bertz CT molecular complexity index is 1060. The maximum Gasteiger partial charge on any atom is 0.253 e. The fourth-order valence-corrected chi connectivity index (χ4v) is 3.04. The van der Waals surface area contributed by atoms with E-state index in [0.717, 1.165) is 10.9 Å². The van der Waals surface area contributed by atoms with Crippen molar-refractivity contribution in [3.63, 3.8) is 0 Å². The zero-order valence-electron chi connectivity index (χ0n) is 13.7. The zero-order chi connectivity index (χ0) is 17.9. The number of rotatable bonds is 5. The second-order valence-electron chi connectivity index (χ2n) is 5.74. The number of carbonyl (C=O) groups is 1. The molecule has 0 atom stereocenters. The van der Waals surface area contributed by atoms with Crippen LogP contribution in [0.3, 0.4) is 0 Å². The lowest BCUT2D eigenvalue weighted by Gasteiger charge is -2.10. The molecule has 2 aromatic heterocycles. The van der Waals surface area contributed by atoms with Crippen LogP contribution in [0.15, 0.2) is 61.1 Å². The number of para-hydroxylation sites is 1. The van der Waals surface area contributed by atoms with E-state index in [2.05, 4.69) is 25.4 Å². The van der Waals surface area contributed by atoms with Gasteiger partial charge in [-0.1, -0.05) is 29.8 Å². The largest absolute Gasteiger partial charge is 0.350 e. The van der Waals surface area contributed by atoms with Crippen LogP contribution in [0.2, 0.25) is 5.02 Å². The molecule has 0 spiro atoms. The second-order valence-corrected chi connectivity index (χ2v) is 6.18. The zero-order valence-corrected chi connectivity index (χ0v) is 14.5. The number of hydrogen-bond acceptors (Lipinski definition) is 4. The van der Waals surface area contributed by atoms with Gasteiger partial charge in [0.05, 0.1) is 11.3 Å². The number of benzene rings is 2. The monoisotopic (exact) mass is 366 g/mol. The molecule has 2 heterocycles. The third-order valence-electron chi connectivity index (χ3n) is 4.12. The highest BCUT2D eigenvalue weighted by atomic mass is 35.5. The van der Waals surface area contributed by atoms with E-state index in [9.17, 15) is 4.79 Å². The molecule has 0 aliphatic carbocycles. The number of amides is 1. The molecule has 0 unspecified atom stereocenters. The minimum atomic E-state index is -0.175. The summed E-state index contributed by atoms with van der Waals surface area (Å²) in [6.07, 6.45) is 3.45. The van der Waals surface area contributed by atoms with Gasteiger partial charge in [0.2, 0.25) is 0 Å². The summed E-state index contributed by atoms with van der Waals surface area (Å²) in [4.78, 5) is 12.6. The first-order valence-electron chi connectivity index (χ1n) is 8.07. The SMILES string of the molecule is O=C(NCCn1ccc2ccc(Cl)cc21)c1ccccc1-n1cnnn1. The van der Waals surface area contributed by atoms with Gasteiger partial charge in [-0.25, -0.2) is 0 Å². The molecule has 0 aliphatic rings. The van der Waals surface area contributed by atoms with E-state index in [4.69, 9.17) is 11.6 Å². The predicted molar refractivity (Wildman–Crippen MR) is 98.4 cm³/mol. The fraction of sp³-hybridized carbons (Fsp3) is 0.111. The van der Waals surface area contributed by atoms with Crippen LogP contribution in [0.5, 0.6) is 0 Å². The van der Waals surface area contributed by atoms with Crippen LogP contribution in [0.1, 0.15) is 10.4 Å². The van der Waals surface area contributed by atoms with Gasteiger partial charge >= 0.3 is 0 Å². The van der Waals surface area contributed by atoms with Gasteiger partial charge in [-0.3, -0.25) is 4.79 Å². The van der Waals surface area contributed by atoms with Crippen molar-refractivity contribution in [1.82, 2.24) is 30.1 Å². The third kappa shape index (κ3) is 3.16. The Morgan fingerprint density at radius 1 is 1.15 bits per heavy atom. The standard InChI is InChI=1S/C18H15ClN6O/c19-14-6-5-13-7-9-24(17(13)11-14)10-8-20-18(26)15-3-1-2-4-16(15)25-12-21-22-23-25/h1-7,9,11-12H,8,10H2,(H,20,26). The van der Waals surface area contributed by atoms with Crippen LogP contribution < -0.4 is 5.32 Å². The van der Waals surface area contributed by atoms with E-state index in [1.807, 2.05) is 42.6 Å². The molecular formula is C18H15ClN6O. The molecule has 4 rings (SSSR count). The highest BCUT2D eigenvalue weighted by molar-refractivity contribution is 6.31. The van der Waals surface area contributed by atoms with Crippen molar-refractivity contribution in [3.8, 4) is 5.69 Å². The number of hydrogen-bond donors (Lipinski definition) is 1. The second kappa shape index (κ2) is 6.97. The molecule has 1 amide bonds. The van der Waals surface area contributed by atoms with Crippen LogP contribution >= 0.6 is 11.6 Å². The van der Waals surface area contributed by atoms with Gasteiger partial charge in [0.25, 0.3) is 5.91 Å². The summed E-state index contributed by atoms with van der Waals surface area (Å²) in [5.74, 6) is -0.175. The van der Waals surface area contributed by atoms with Crippen LogP contribution in [-0.2, 0) is 6.54 Å². The maximum atomic E-state index is 12.6. The van der Waals surface area contributed by atoms with E-state index >= 15 is 0 Å². The molecule has 8 heteroatoms. The Balaban J connectivity index is 1.47. The van der Waals surface area contributed by atoms with Crippen molar-refractivity contribution >= 4 is 28.4 Å². The lowest BCUT2D eigenvalue weighted by atomic mass is 10.1. The van der Waals surface area contributed by atoms with Crippen LogP contribution in [-0.4, -0.2) is 37.2 Å². The molecule has 0 aliphatic heterocycles. The molecule has 7 nitrogen and oxygen atoms in total. The molecule has 0 bridgehead atoms. The topological polar surface area (TPSA) is 77.6 Å². The third-order valence-corrected chi connectivity index (χ3v) is 4.35. The average molecular weight is 367 g/mol. The normalized spacial score (nSPS) is 11.0. The average Bonchev–Trinajstić information content (AvgIpc) is 3.32. The number of halogens is 1. The Hall–Kier alpha value is -3.19. The first-order valence-corrected chi connectivity index (χ1v) is 8.45. The van der Waals surface area contributed by atoms with Crippen LogP contribution in [0.4, 0.5) is 0 Å². The summed E-state index contributed by atoms with van der Waals surface area (Å²) in [5, 5.41) is 15.8. The molecule has 0 fully saturated rings. The van der Waals surface area contributed by atoms with Gasteiger partial charge in [-0.05, 0) is 46.1 Å². The minimum absolute atomic E-state index is 0.175. The lowest BCUT2D eigenvalue weighted by molar-refractivity contribution is 0.0952. The Kier molecular flexibility index (Phi) is 4.37. The van der Waals surface area contributed by atoms with Crippen molar-refractivity contribution < 1.29 is 4.79 Å². The molecule has 0 saturated carbocycles. The number of nitrogens with zero attached hydrogens (tertiary/aromatic N) is 5. The summed E-state index contributed by atoms with van der Waals surface area (Å²) in [6, 6.07) is 15.0. The summed E-state index contributed by atoms with van der Waals surface area (Å²) < 4.78 is 3.53. The van der Waals surface area contributed by atoms with E-state index in [-0.39, 0.29) is 5.91 Å². The molecule has 1 N–H and O–H groups in total. The van der Waals surface area contributed by atoms with Gasteiger partial charge < -0.3 is 9.88 Å². The molecule has 4 aromatic rings. The molecule has 2 aromatic carbocycles. The molecule has 0 saturated heterocycles. The van der Waals surface area contributed by atoms with E-state index in [1.54, 1.807) is 12.1 Å². The first kappa shape index (κ1) is 16.3. The predicted octanol–water partition coefficient (Wildman–Crippen LogP) is 2.70. The number of fused-ring (bicyclic) bond motifs is 1.